The molecule has 1 atom stereocenters. The van der Waals surface area contributed by atoms with Crippen molar-refractivity contribution < 1.29 is 14.3 Å². The van der Waals surface area contributed by atoms with Gasteiger partial charge in [0, 0.05) is 35.2 Å². The highest BCUT2D eigenvalue weighted by Crippen LogP contribution is 2.41. The molecule has 27 heavy (non-hydrogen) atoms. The molecule has 6 heteroatoms. The number of nitrogens with one attached hydrogen (secondary N) is 1. The van der Waals surface area contributed by atoms with Gasteiger partial charge in [0.05, 0.1) is 18.1 Å². The topological polar surface area (TPSA) is 47.6 Å². The van der Waals surface area contributed by atoms with Gasteiger partial charge in [-0.05, 0) is 36.6 Å². The van der Waals surface area contributed by atoms with Crippen LogP contribution in [-0.2, 0) is 14.9 Å². The van der Waals surface area contributed by atoms with Crippen LogP contribution in [0.1, 0.15) is 36.4 Å². The normalized spacial score (nSPS) is 21.0. The van der Waals surface area contributed by atoms with Gasteiger partial charge < -0.3 is 14.8 Å². The van der Waals surface area contributed by atoms with Crippen LogP contribution in [0, 0.1) is 0 Å². The van der Waals surface area contributed by atoms with Gasteiger partial charge in [-0.2, -0.15) is 0 Å². The Morgan fingerprint density at radius 1 is 1.07 bits per heavy atom. The maximum Gasteiger partial charge on any atom is 0.231 e. The Balaban J connectivity index is 1.67. The Labute approximate surface area is 168 Å². The third kappa shape index (κ3) is 3.54. The molecular weight excluding hydrogens is 385 g/mol. The number of fused-ring (bicyclic) bond motifs is 1. The molecule has 2 aliphatic rings. The van der Waals surface area contributed by atoms with Crippen molar-refractivity contribution in [2.75, 3.05) is 19.8 Å². The summed E-state index contributed by atoms with van der Waals surface area (Å²) in [5.74, 6) is 0.816. The van der Waals surface area contributed by atoms with Crippen molar-refractivity contribution >= 4 is 29.1 Å². The molecule has 0 bridgehead atoms. The van der Waals surface area contributed by atoms with Crippen LogP contribution in [-0.4, -0.2) is 25.7 Å². The number of ether oxygens (including phenoxy) is 2. The maximum atomic E-state index is 13.5. The first-order valence-corrected chi connectivity index (χ1v) is 9.92. The molecule has 2 aliphatic heterocycles. The van der Waals surface area contributed by atoms with Crippen molar-refractivity contribution in [2.45, 2.75) is 30.7 Å². The van der Waals surface area contributed by atoms with Gasteiger partial charge in [0.2, 0.25) is 5.91 Å². The second-order valence-corrected chi connectivity index (χ2v) is 7.86. The van der Waals surface area contributed by atoms with Crippen molar-refractivity contribution in [1.82, 2.24) is 5.32 Å². The number of carbonyl (C=O) groups is 1. The molecule has 4 rings (SSSR count). The molecule has 0 aromatic heterocycles. The van der Waals surface area contributed by atoms with Crippen molar-refractivity contribution in [1.29, 1.82) is 0 Å². The molecule has 4 nitrogen and oxygen atoms in total. The number of hydrogen-bond donors (Lipinski definition) is 1. The van der Waals surface area contributed by atoms with E-state index >= 15 is 0 Å². The van der Waals surface area contributed by atoms with Gasteiger partial charge in [-0.25, -0.2) is 0 Å². The fourth-order valence-corrected chi connectivity index (χ4v) is 4.59. The Bertz CT molecular complexity index is 849. The van der Waals surface area contributed by atoms with E-state index in [0.29, 0.717) is 42.7 Å². The molecule has 1 amide bonds. The Morgan fingerprint density at radius 3 is 2.63 bits per heavy atom. The number of hydrogen-bond acceptors (Lipinski definition) is 3. The molecule has 1 saturated heterocycles. The highest BCUT2D eigenvalue weighted by molar-refractivity contribution is 6.35. The summed E-state index contributed by atoms with van der Waals surface area (Å²) in [4.78, 5) is 13.5. The average Bonchev–Trinajstić information content (AvgIpc) is 2.69. The van der Waals surface area contributed by atoms with Crippen LogP contribution in [0.25, 0.3) is 0 Å². The summed E-state index contributed by atoms with van der Waals surface area (Å²) in [6.45, 7) is 1.63. The number of benzene rings is 2. The van der Waals surface area contributed by atoms with Crippen LogP contribution in [0.3, 0.4) is 0 Å². The van der Waals surface area contributed by atoms with Gasteiger partial charge in [0.25, 0.3) is 0 Å². The summed E-state index contributed by atoms with van der Waals surface area (Å²) in [6, 6.07) is 13.1. The highest BCUT2D eigenvalue weighted by Gasteiger charge is 2.44. The smallest absolute Gasteiger partial charge is 0.231 e. The Morgan fingerprint density at radius 2 is 1.85 bits per heavy atom. The predicted molar refractivity (Wildman–Crippen MR) is 106 cm³/mol. The van der Waals surface area contributed by atoms with E-state index < -0.39 is 5.41 Å². The standard InChI is InChI=1S/C21H21Cl2NO3/c22-14-5-6-16(17(23)13-14)21(8-11-26-12-9-21)20(25)24-18-7-10-27-19-4-2-1-3-15(18)19/h1-6,13,18H,7-12H2,(H,24,25). The van der Waals surface area contributed by atoms with Gasteiger partial charge in [-0.3, -0.25) is 4.79 Å². The third-order valence-corrected chi connectivity index (χ3v) is 6.04. The SMILES string of the molecule is O=C(NC1CCOc2ccccc21)C1(c2ccc(Cl)cc2Cl)CCOCC1. The molecule has 0 spiro atoms. The first-order valence-electron chi connectivity index (χ1n) is 9.16. The van der Waals surface area contributed by atoms with E-state index in [9.17, 15) is 4.79 Å². The Kier molecular flexibility index (Phi) is 5.31. The molecule has 2 heterocycles. The molecule has 142 valence electrons. The summed E-state index contributed by atoms with van der Waals surface area (Å²) < 4.78 is 11.3. The molecular formula is C21H21Cl2NO3. The van der Waals surface area contributed by atoms with E-state index in [1.807, 2.05) is 30.3 Å². The maximum absolute atomic E-state index is 13.5. The molecule has 1 unspecified atom stereocenters. The van der Waals surface area contributed by atoms with Crippen LogP contribution in [0.2, 0.25) is 10.0 Å². The summed E-state index contributed by atoms with van der Waals surface area (Å²) in [7, 11) is 0. The van der Waals surface area contributed by atoms with Crippen molar-refractivity contribution in [2.24, 2.45) is 0 Å². The van der Waals surface area contributed by atoms with E-state index in [1.165, 1.54) is 0 Å². The Hall–Kier alpha value is -1.75. The van der Waals surface area contributed by atoms with Crippen molar-refractivity contribution in [3.8, 4) is 5.75 Å². The predicted octanol–water partition coefficient (Wildman–Crippen LogP) is 4.68. The lowest BCUT2D eigenvalue weighted by Gasteiger charge is -2.38. The summed E-state index contributed by atoms with van der Waals surface area (Å²) in [5.41, 5.74) is 1.11. The summed E-state index contributed by atoms with van der Waals surface area (Å²) in [5, 5.41) is 4.34. The van der Waals surface area contributed by atoms with Gasteiger partial charge in [-0.15, -0.1) is 0 Å². The van der Waals surface area contributed by atoms with E-state index in [4.69, 9.17) is 32.7 Å². The fourth-order valence-electron chi connectivity index (χ4n) is 4.00. The van der Waals surface area contributed by atoms with Gasteiger partial charge in [-0.1, -0.05) is 47.5 Å². The first-order chi connectivity index (χ1) is 13.1. The van der Waals surface area contributed by atoms with E-state index in [-0.39, 0.29) is 11.9 Å². The minimum atomic E-state index is -0.715. The fraction of sp³-hybridized carbons (Fsp3) is 0.381. The van der Waals surface area contributed by atoms with E-state index in [2.05, 4.69) is 5.32 Å². The lowest BCUT2D eigenvalue weighted by atomic mass is 9.73. The molecule has 0 saturated carbocycles. The van der Waals surface area contributed by atoms with Crippen LogP contribution in [0.5, 0.6) is 5.75 Å². The quantitative estimate of drug-likeness (QED) is 0.805. The van der Waals surface area contributed by atoms with Gasteiger partial charge in [0.15, 0.2) is 0 Å². The van der Waals surface area contributed by atoms with Crippen molar-refractivity contribution in [3.63, 3.8) is 0 Å². The first kappa shape index (κ1) is 18.6. The average molecular weight is 406 g/mol. The van der Waals surface area contributed by atoms with Crippen LogP contribution in [0.15, 0.2) is 42.5 Å². The highest BCUT2D eigenvalue weighted by atomic mass is 35.5. The van der Waals surface area contributed by atoms with E-state index in [1.54, 1.807) is 12.1 Å². The summed E-state index contributed by atoms with van der Waals surface area (Å²) in [6.07, 6.45) is 1.92. The minimum Gasteiger partial charge on any atom is -0.493 e. The van der Waals surface area contributed by atoms with Gasteiger partial charge >= 0.3 is 0 Å². The summed E-state index contributed by atoms with van der Waals surface area (Å²) >= 11 is 12.6. The minimum absolute atomic E-state index is 0.0169. The lowest BCUT2D eigenvalue weighted by molar-refractivity contribution is -0.131. The lowest BCUT2D eigenvalue weighted by Crippen LogP contribution is -2.49. The van der Waals surface area contributed by atoms with Gasteiger partial charge in [0.1, 0.15) is 5.75 Å². The molecule has 0 radical (unpaired) electrons. The molecule has 1 N–H and O–H groups in total. The number of amides is 1. The zero-order chi connectivity index (χ0) is 18.9. The zero-order valence-electron chi connectivity index (χ0n) is 14.8. The van der Waals surface area contributed by atoms with Crippen molar-refractivity contribution in [3.05, 3.63) is 63.6 Å². The number of rotatable bonds is 3. The van der Waals surface area contributed by atoms with Crippen LogP contribution < -0.4 is 10.1 Å². The second-order valence-electron chi connectivity index (χ2n) is 7.02. The molecule has 0 aliphatic carbocycles. The van der Waals surface area contributed by atoms with E-state index in [0.717, 1.165) is 23.3 Å². The van der Waals surface area contributed by atoms with Crippen LogP contribution in [0.4, 0.5) is 0 Å². The number of para-hydroxylation sites is 1. The van der Waals surface area contributed by atoms with Crippen LogP contribution >= 0.6 is 23.2 Å². The molecule has 1 fully saturated rings. The number of carbonyl (C=O) groups excluding carboxylic acids is 1. The monoisotopic (exact) mass is 405 g/mol. The molecule has 2 aromatic carbocycles. The molecule has 2 aromatic rings. The third-order valence-electron chi connectivity index (χ3n) is 5.49. The second kappa shape index (κ2) is 7.70. The number of halogens is 2. The largest absolute Gasteiger partial charge is 0.493 e. The zero-order valence-corrected chi connectivity index (χ0v) is 16.4.